The van der Waals surface area contributed by atoms with Crippen LogP contribution < -0.4 is 5.32 Å². The fraction of sp³-hybridized carbons (Fsp3) is 0.765. The van der Waals surface area contributed by atoms with Gasteiger partial charge in [-0.15, -0.1) is 0 Å². The zero-order valence-corrected chi connectivity index (χ0v) is 14.0. The lowest BCUT2D eigenvalue weighted by molar-refractivity contribution is 0.0336. The van der Waals surface area contributed by atoms with Crippen LogP contribution >= 0.6 is 0 Å². The molecule has 1 N–H and O–H groups in total. The van der Waals surface area contributed by atoms with Crippen LogP contribution in [0.1, 0.15) is 50.7 Å². The van der Waals surface area contributed by atoms with Crippen molar-refractivity contribution in [1.29, 1.82) is 0 Å². The van der Waals surface area contributed by atoms with E-state index in [1.807, 2.05) is 0 Å². The number of rotatable bonds is 12. The van der Waals surface area contributed by atoms with Crippen molar-refractivity contribution in [1.82, 2.24) is 5.32 Å². The maximum Gasteiger partial charge on any atom is 0.130 e. The molecule has 21 heavy (non-hydrogen) atoms. The molecular weight excluding hydrogens is 266 g/mol. The first-order valence-corrected chi connectivity index (χ1v) is 8.07. The van der Waals surface area contributed by atoms with E-state index in [0.717, 1.165) is 37.6 Å². The summed E-state index contributed by atoms with van der Waals surface area (Å²) in [6.45, 7) is 13.0. The molecule has 0 atom stereocenters. The molecule has 4 heteroatoms. The summed E-state index contributed by atoms with van der Waals surface area (Å²) in [7, 11) is 0. The zero-order valence-electron chi connectivity index (χ0n) is 14.0. The van der Waals surface area contributed by atoms with Gasteiger partial charge in [-0.2, -0.15) is 0 Å². The average Bonchev–Trinajstić information content (AvgIpc) is 2.78. The van der Waals surface area contributed by atoms with Gasteiger partial charge in [0.2, 0.25) is 0 Å². The van der Waals surface area contributed by atoms with Gasteiger partial charge in [0.05, 0.1) is 19.8 Å². The van der Waals surface area contributed by atoms with Crippen molar-refractivity contribution in [3.63, 3.8) is 0 Å². The van der Waals surface area contributed by atoms with Crippen LogP contribution in [0.5, 0.6) is 0 Å². The molecule has 4 nitrogen and oxygen atoms in total. The van der Waals surface area contributed by atoms with E-state index < -0.39 is 0 Å². The summed E-state index contributed by atoms with van der Waals surface area (Å²) < 4.78 is 16.8. The van der Waals surface area contributed by atoms with Gasteiger partial charge in [-0.05, 0) is 37.4 Å². The third-order valence-electron chi connectivity index (χ3n) is 3.17. The molecule has 1 aromatic rings. The molecule has 0 bridgehead atoms. The van der Waals surface area contributed by atoms with Crippen molar-refractivity contribution in [2.45, 2.75) is 53.7 Å². The van der Waals surface area contributed by atoms with Crippen molar-refractivity contribution >= 4 is 0 Å². The molecule has 1 heterocycles. The second-order valence-corrected chi connectivity index (χ2v) is 5.86. The van der Waals surface area contributed by atoms with Gasteiger partial charge in [0.1, 0.15) is 18.1 Å². The van der Waals surface area contributed by atoms with E-state index >= 15 is 0 Å². The van der Waals surface area contributed by atoms with E-state index in [0.29, 0.717) is 25.7 Å². The fourth-order valence-corrected chi connectivity index (χ4v) is 1.95. The highest BCUT2D eigenvalue weighted by Crippen LogP contribution is 2.15. The molecule has 0 aliphatic heterocycles. The Balaban J connectivity index is 2.18. The van der Waals surface area contributed by atoms with Crippen LogP contribution in [0.4, 0.5) is 0 Å². The SMILES string of the molecule is CCCCOCCOCc1cc(C)c(CNCC(C)C)o1. The van der Waals surface area contributed by atoms with Gasteiger partial charge in [0, 0.05) is 6.61 Å². The van der Waals surface area contributed by atoms with Crippen LogP contribution in [0.3, 0.4) is 0 Å². The molecule has 0 unspecified atom stereocenters. The first-order chi connectivity index (χ1) is 10.1. The van der Waals surface area contributed by atoms with Gasteiger partial charge < -0.3 is 19.2 Å². The van der Waals surface area contributed by atoms with Gasteiger partial charge in [-0.1, -0.05) is 27.2 Å². The minimum Gasteiger partial charge on any atom is -0.462 e. The van der Waals surface area contributed by atoms with Crippen molar-refractivity contribution in [2.75, 3.05) is 26.4 Å². The minimum absolute atomic E-state index is 0.516. The fourth-order valence-electron chi connectivity index (χ4n) is 1.95. The predicted octanol–water partition coefficient (Wildman–Crippen LogP) is 3.67. The number of furan rings is 1. The second-order valence-electron chi connectivity index (χ2n) is 5.86. The molecule has 122 valence electrons. The van der Waals surface area contributed by atoms with E-state index in [9.17, 15) is 0 Å². The summed E-state index contributed by atoms with van der Waals surface area (Å²) in [5.41, 5.74) is 1.18. The van der Waals surface area contributed by atoms with Gasteiger partial charge >= 0.3 is 0 Å². The number of nitrogens with one attached hydrogen (secondary N) is 1. The predicted molar refractivity (Wildman–Crippen MR) is 85.4 cm³/mol. The molecule has 0 aliphatic carbocycles. The van der Waals surface area contributed by atoms with Crippen molar-refractivity contribution < 1.29 is 13.9 Å². The largest absolute Gasteiger partial charge is 0.462 e. The smallest absolute Gasteiger partial charge is 0.130 e. The maximum absolute atomic E-state index is 5.81. The molecule has 0 amide bonds. The summed E-state index contributed by atoms with van der Waals surface area (Å²) in [6.07, 6.45) is 2.28. The number of hydrogen-bond acceptors (Lipinski definition) is 4. The summed E-state index contributed by atoms with van der Waals surface area (Å²) >= 11 is 0. The molecule has 0 spiro atoms. The number of unbranched alkanes of at least 4 members (excludes halogenated alkanes) is 1. The number of hydrogen-bond donors (Lipinski definition) is 1. The molecule has 0 aromatic carbocycles. The Morgan fingerprint density at radius 3 is 2.67 bits per heavy atom. The minimum atomic E-state index is 0.516. The summed E-state index contributed by atoms with van der Waals surface area (Å²) in [5.74, 6) is 2.55. The van der Waals surface area contributed by atoms with E-state index in [1.165, 1.54) is 12.0 Å². The monoisotopic (exact) mass is 297 g/mol. The number of ether oxygens (including phenoxy) is 2. The third kappa shape index (κ3) is 8.24. The highest BCUT2D eigenvalue weighted by atomic mass is 16.5. The third-order valence-corrected chi connectivity index (χ3v) is 3.17. The standard InChI is InChI=1S/C17H31NO3/c1-5-6-7-19-8-9-20-13-16-10-15(4)17(21-16)12-18-11-14(2)3/h10,14,18H,5-9,11-13H2,1-4H3. The lowest BCUT2D eigenvalue weighted by Gasteiger charge is -2.06. The van der Waals surface area contributed by atoms with E-state index in [1.54, 1.807) is 0 Å². The molecule has 0 saturated carbocycles. The van der Waals surface area contributed by atoms with Crippen LogP contribution in [-0.2, 0) is 22.6 Å². The van der Waals surface area contributed by atoms with Gasteiger partial charge in [0.15, 0.2) is 0 Å². The highest BCUT2D eigenvalue weighted by molar-refractivity contribution is 5.19. The van der Waals surface area contributed by atoms with Crippen molar-refractivity contribution in [3.05, 3.63) is 23.2 Å². The Hall–Kier alpha value is -0.840. The molecule has 0 fully saturated rings. The van der Waals surface area contributed by atoms with Crippen molar-refractivity contribution in [2.24, 2.45) is 5.92 Å². The lowest BCUT2D eigenvalue weighted by atomic mass is 10.2. The lowest BCUT2D eigenvalue weighted by Crippen LogP contribution is -2.18. The zero-order chi connectivity index (χ0) is 15.5. The Labute approximate surface area is 129 Å². The summed E-state index contributed by atoms with van der Waals surface area (Å²) in [4.78, 5) is 0. The van der Waals surface area contributed by atoms with E-state index in [-0.39, 0.29) is 0 Å². The average molecular weight is 297 g/mol. The Bertz CT molecular complexity index is 374. The Kier molecular flexibility index (Phi) is 9.39. The first-order valence-electron chi connectivity index (χ1n) is 8.07. The second kappa shape index (κ2) is 10.8. The summed E-state index contributed by atoms with van der Waals surface area (Å²) in [5, 5.41) is 3.40. The van der Waals surface area contributed by atoms with Crippen LogP contribution in [0, 0.1) is 12.8 Å². The molecule has 1 rings (SSSR count). The quantitative estimate of drug-likeness (QED) is 0.598. The normalized spacial score (nSPS) is 11.5. The van der Waals surface area contributed by atoms with Gasteiger partial charge in [-0.25, -0.2) is 0 Å². The van der Waals surface area contributed by atoms with Crippen LogP contribution in [-0.4, -0.2) is 26.4 Å². The van der Waals surface area contributed by atoms with Gasteiger partial charge in [0.25, 0.3) is 0 Å². The van der Waals surface area contributed by atoms with E-state index in [4.69, 9.17) is 13.9 Å². The van der Waals surface area contributed by atoms with Crippen LogP contribution in [0.15, 0.2) is 10.5 Å². The van der Waals surface area contributed by atoms with Crippen LogP contribution in [0.2, 0.25) is 0 Å². The topological polar surface area (TPSA) is 43.6 Å². The molecule has 1 aromatic heterocycles. The van der Waals surface area contributed by atoms with Crippen LogP contribution in [0.25, 0.3) is 0 Å². The molecule has 0 radical (unpaired) electrons. The molecule has 0 saturated heterocycles. The summed E-state index contributed by atoms with van der Waals surface area (Å²) in [6, 6.07) is 2.06. The highest BCUT2D eigenvalue weighted by Gasteiger charge is 2.07. The number of aryl methyl sites for hydroxylation is 1. The molecular formula is C17H31NO3. The maximum atomic E-state index is 5.81. The van der Waals surface area contributed by atoms with Gasteiger partial charge in [-0.3, -0.25) is 0 Å². The Morgan fingerprint density at radius 1 is 1.19 bits per heavy atom. The first kappa shape index (κ1) is 18.2. The molecule has 0 aliphatic rings. The van der Waals surface area contributed by atoms with E-state index in [2.05, 4.69) is 39.1 Å². The Morgan fingerprint density at radius 2 is 1.95 bits per heavy atom. The van der Waals surface area contributed by atoms with Crippen molar-refractivity contribution in [3.8, 4) is 0 Å².